The Kier molecular flexibility index (Phi) is 4.17. The molecule has 1 aliphatic carbocycles. The summed E-state index contributed by atoms with van der Waals surface area (Å²) in [7, 11) is -1.03. The lowest BCUT2D eigenvalue weighted by Crippen LogP contribution is -2.56. The molecule has 1 aliphatic heterocycles. The zero-order valence-corrected chi connectivity index (χ0v) is 13.9. The summed E-state index contributed by atoms with van der Waals surface area (Å²) < 4.78 is 21.9. The Morgan fingerprint density at radius 1 is 1.16 bits per heavy atom. The van der Waals surface area contributed by atoms with Crippen molar-refractivity contribution in [3.05, 3.63) is 0 Å². The number of hydrogen-bond donors (Lipinski definition) is 1. The van der Waals surface area contributed by atoms with Gasteiger partial charge in [0, 0.05) is 5.41 Å². The summed E-state index contributed by atoms with van der Waals surface area (Å²) in [6, 6.07) is 0.195. The van der Waals surface area contributed by atoms with Crippen LogP contribution in [0.3, 0.4) is 0 Å². The number of rotatable bonds is 2. The highest BCUT2D eigenvalue weighted by molar-refractivity contribution is 7.84. The topological polar surface area (TPSA) is 38.3 Å². The molecule has 2 fully saturated rings. The van der Waals surface area contributed by atoms with Gasteiger partial charge in [-0.2, -0.15) is 0 Å². The van der Waals surface area contributed by atoms with E-state index in [4.69, 9.17) is 4.74 Å². The molecular weight excluding hydrogens is 258 g/mol. The smallest absolute Gasteiger partial charge is 0.0973 e. The summed E-state index contributed by atoms with van der Waals surface area (Å²) in [4.78, 5) is 0. The van der Waals surface area contributed by atoms with Crippen molar-refractivity contribution in [2.24, 2.45) is 5.41 Å². The van der Waals surface area contributed by atoms with Gasteiger partial charge in [0.25, 0.3) is 0 Å². The molecule has 2 atom stereocenters. The van der Waals surface area contributed by atoms with Crippen molar-refractivity contribution in [2.75, 3.05) is 6.61 Å². The molecule has 1 saturated carbocycles. The molecule has 0 bridgehead atoms. The average Bonchev–Trinajstić information content (AvgIpc) is 2.54. The number of nitrogens with one attached hydrogen (secondary N) is 1. The molecule has 3 nitrogen and oxygen atoms in total. The Morgan fingerprint density at radius 3 is 2.26 bits per heavy atom. The standard InChI is InChI=1S/C15H29NO2S/c1-13(2,3)19(17)16-12-14(4,5)11-18-15(12)9-7-6-8-10-15/h12,16H,6-11H2,1-5H3/t12-,19-/m1/s1. The molecule has 2 rings (SSSR count). The lowest BCUT2D eigenvalue weighted by molar-refractivity contribution is -0.0352. The van der Waals surface area contributed by atoms with Crippen molar-refractivity contribution in [3.63, 3.8) is 0 Å². The van der Waals surface area contributed by atoms with Crippen LogP contribution in [0.25, 0.3) is 0 Å². The van der Waals surface area contributed by atoms with Crippen LogP contribution in [0.1, 0.15) is 66.7 Å². The van der Waals surface area contributed by atoms with Gasteiger partial charge in [0.15, 0.2) is 0 Å². The molecule has 4 heteroatoms. The first kappa shape index (κ1) is 15.5. The predicted molar refractivity (Wildman–Crippen MR) is 80.4 cm³/mol. The molecule has 1 spiro atoms. The molecule has 1 N–H and O–H groups in total. The molecule has 0 aromatic heterocycles. The van der Waals surface area contributed by atoms with Crippen LogP contribution in [0, 0.1) is 5.41 Å². The van der Waals surface area contributed by atoms with Crippen LogP contribution in [0.4, 0.5) is 0 Å². The van der Waals surface area contributed by atoms with Crippen molar-refractivity contribution in [2.45, 2.75) is 83.1 Å². The monoisotopic (exact) mass is 287 g/mol. The van der Waals surface area contributed by atoms with Crippen LogP contribution in [0.2, 0.25) is 0 Å². The molecule has 0 amide bonds. The van der Waals surface area contributed by atoms with Crippen molar-refractivity contribution in [1.29, 1.82) is 0 Å². The van der Waals surface area contributed by atoms with Gasteiger partial charge in [0.1, 0.15) is 0 Å². The summed E-state index contributed by atoms with van der Waals surface area (Å²) in [6.45, 7) is 11.3. The fraction of sp³-hybridized carbons (Fsp3) is 1.00. The normalized spacial score (nSPS) is 31.5. The Bertz CT molecular complexity index is 354. The van der Waals surface area contributed by atoms with E-state index in [2.05, 4.69) is 18.6 Å². The van der Waals surface area contributed by atoms with Crippen molar-refractivity contribution in [1.82, 2.24) is 4.72 Å². The highest BCUT2D eigenvalue weighted by Crippen LogP contribution is 2.47. The Labute approximate surface area is 120 Å². The van der Waals surface area contributed by atoms with Gasteiger partial charge in [-0.15, -0.1) is 0 Å². The summed E-state index contributed by atoms with van der Waals surface area (Å²) in [5, 5.41) is 0. The minimum absolute atomic E-state index is 0.0538. The third-order valence-electron chi connectivity index (χ3n) is 4.52. The van der Waals surface area contributed by atoms with Gasteiger partial charge in [-0.1, -0.05) is 33.1 Å². The van der Waals surface area contributed by atoms with E-state index in [0.717, 1.165) is 19.4 Å². The van der Waals surface area contributed by atoms with E-state index in [-0.39, 0.29) is 21.8 Å². The molecule has 1 heterocycles. The van der Waals surface area contributed by atoms with E-state index in [1.165, 1.54) is 19.3 Å². The summed E-state index contributed by atoms with van der Waals surface area (Å²) in [5.41, 5.74) is -0.0269. The van der Waals surface area contributed by atoms with Crippen molar-refractivity contribution < 1.29 is 8.95 Å². The molecule has 2 aliphatic rings. The van der Waals surface area contributed by atoms with E-state index in [1.807, 2.05) is 20.8 Å². The second-order valence-electron chi connectivity index (χ2n) is 7.83. The second kappa shape index (κ2) is 5.12. The van der Waals surface area contributed by atoms with E-state index in [0.29, 0.717) is 0 Å². The number of hydrogen-bond acceptors (Lipinski definition) is 2. The van der Waals surface area contributed by atoms with Crippen LogP contribution < -0.4 is 4.72 Å². The third-order valence-corrected chi connectivity index (χ3v) is 6.08. The Balaban J connectivity index is 2.19. The summed E-state index contributed by atoms with van der Waals surface area (Å²) in [6.07, 6.45) is 5.98. The van der Waals surface area contributed by atoms with Gasteiger partial charge >= 0.3 is 0 Å². The van der Waals surface area contributed by atoms with Gasteiger partial charge in [0.2, 0.25) is 0 Å². The SMILES string of the molecule is CC1(C)COC2(CCCCC2)[C@@H]1N[S@](=O)C(C)(C)C. The maximum atomic E-state index is 12.5. The van der Waals surface area contributed by atoms with Crippen LogP contribution >= 0.6 is 0 Å². The van der Waals surface area contributed by atoms with Gasteiger partial charge in [0.05, 0.1) is 34.0 Å². The van der Waals surface area contributed by atoms with Crippen molar-refractivity contribution >= 4 is 11.0 Å². The highest BCUT2D eigenvalue weighted by Gasteiger charge is 2.54. The third kappa shape index (κ3) is 3.06. The molecule has 1 saturated heterocycles. The predicted octanol–water partition coefficient (Wildman–Crippen LogP) is 3.17. The van der Waals surface area contributed by atoms with E-state index in [1.54, 1.807) is 0 Å². The first-order chi connectivity index (χ1) is 8.67. The zero-order valence-electron chi connectivity index (χ0n) is 13.0. The lowest BCUT2D eigenvalue weighted by atomic mass is 9.72. The summed E-state index contributed by atoms with van der Waals surface area (Å²) >= 11 is 0. The molecule has 0 radical (unpaired) electrons. The second-order valence-corrected chi connectivity index (χ2v) is 9.83. The van der Waals surface area contributed by atoms with Crippen LogP contribution in [0.5, 0.6) is 0 Å². The van der Waals surface area contributed by atoms with Crippen LogP contribution in [-0.2, 0) is 15.7 Å². The first-order valence-corrected chi connectivity index (χ1v) is 8.64. The fourth-order valence-electron chi connectivity index (χ4n) is 3.34. The van der Waals surface area contributed by atoms with Gasteiger partial charge in [-0.05, 0) is 33.6 Å². The van der Waals surface area contributed by atoms with Gasteiger partial charge in [-0.3, -0.25) is 0 Å². The van der Waals surface area contributed by atoms with Gasteiger partial charge in [-0.25, -0.2) is 8.93 Å². The fourth-order valence-corrected chi connectivity index (χ4v) is 4.44. The van der Waals surface area contributed by atoms with Gasteiger partial charge < -0.3 is 4.74 Å². The quantitative estimate of drug-likeness (QED) is 0.847. The Morgan fingerprint density at radius 2 is 1.74 bits per heavy atom. The Hall–Kier alpha value is 0.0700. The molecule has 0 aromatic carbocycles. The largest absolute Gasteiger partial charge is 0.373 e. The minimum atomic E-state index is -1.03. The van der Waals surface area contributed by atoms with Crippen LogP contribution in [0.15, 0.2) is 0 Å². The number of ether oxygens (including phenoxy) is 1. The van der Waals surface area contributed by atoms with Crippen LogP contribution in [-0.4, -0.2) is 27.2 Å². The first-order valence-electron chi connectivity index (χ1n) is 7.49. The molecule has 0 aromatic rings. The highest BCUT2D eigenvalue weighted by atomic mass is 32.2. The molecular formula is C15H29NO2S. The molecule has 0 unspecified atom stereocenters. The van der Waals surface area contributed by atoms with E-state index in [9.17, 15) is 4.21 Å². The average molecular weight is 287 g/mol. The van der Waals surface area contributed by atoms with E-state index >= 15 is 0 Å². The maximum Gasteiger partial charge on any atom is 0.0973 e. The van der Waals surface area contributed by atoms with E-state index < -0.39 is 11.0 Å². The van der Waals surface area contributed by atoms with Crippen molar-refractivity contribution in [3.8, 4) is 0 Å². The minimum Gasteiger partial charge on any atom is -0.373 e. The molecule has 112 valence electrons. The summed E-state index contributed by atoms with van der Waals surface area (Å²) in [5.74, 6) is 0. The zero-order chi connectivity index (χ0) is 14.3. The molecule has 19 heavy (non-hydrogen) atoms. The lowest BCUT2D eigenvalue weighted by Gasteiger charge is -2.41. The maximum absolute atomic E-state index is 12.5.